The molecular weight excluding hydrogens is 208 g/mol. The van der Waals surface area contributed by atoms with Gasteiger partial charge in [0.25, 0.3) is 0 Å². The predicted molar refractivity (Wildman–Crippen MR) is 61.7 cm³/mol. The fourth-order valence-corrected chi connectivity index (χ4v) is 2.80. The van der Waals surface area contributed by atoms with Crippen molar-refractivity contribution in [2.45, 2.75) is 26.7 Å². The van der Waals surface area contributed by atoms with Crippen LogP contribution in [0.3, 0.4) is 0 Å². The van der Waals surface area contributed by atoms with E-state index in [-0.39, 0.29) is 5.78 Å². The molecule has 1 aromatic rings. The van der Waals surface area contributed by atoms with Crippen LogP contribution in [0.1, 0.15) is 33.0 Å². The number of aryl methyl sites for hydroxylation is 2. The first-order valence-electron chi connectivity index (χ1n) is 5.35. The van der Waals surface area contributed by atoms with Crippen molar-refractivity contribution < 1.29 is 9.53 Å². The Labute approximate surface area is 94.3 Å². The van der Waals surface area contributed by atoms with E-state index in [1.165, 1.54) is 10.4 Å². The molecular formula is C12H16O2S. The summed E-state index contributed by atoms with van der Waals surface area (Å²) < 4.78 is 5.27. The van der Waals surface area contributed by atoms with Crippen molar-refractivity contribution in [1.29, 1.82) is 0 Å². The van der Waals surface area contributed by atoms with Crippen molar-refractivity contribution in [3.05, 3.63) is 21.4 Å². The van der Waals surface area contributed by atoms with Crippen molar-refractivity contribution in [2.75, 3.05) is 13.2 Å². The molecule has 82 valence electrons. The van der Waals surface area contributed by atoms with Crippen LogP contribution >= 0.6 is 11.3 Å². The molecule has 1 atom stereocenters. The van der Waals surface area contributed by atoms with E-state index in [0.717, 1.165) is 24.5 Å². The number of carbonyl (C=O) groups excluding carboxylic acids is 1. The second-order valence-electron chi connectivity index (χ2n) is 4.21. The van der Waals surface area contributed by atoms with Gasteiger partial charge >= 0.3 is 0 Å². The van der Waals surface area contributed by atoms with E-state index in [0.29, 0.717) is 12.3 Å². The highest BCUT2D eigenvalue weighted by molar-refractivity contribution is 7.14. The lowest BCUT2D eigenvalue weighted by Gasteiger charge is -2.03. The fraction of sp³-hybridized carbons (Fsp3) is 0.583. The van der Waals surface area contributed by atoms with E-state index in [9.17, 15) is 4.79 Å². The molecule has 0 N–H and O–H groups in total. The minimum absolute atomic E-state index is 0.284. The number of hydrogen-bond donors (Lipinski definition) is 0. The Bertz CT molecular complexity index is 342. The second-order valence-corrected chi connectivity index (χ2v) is 5.46. The maximum Gasteiger partial charge on any atom is 0.173 e. The summed E-state index contributed by atoms with van der Waals surface area (Å²) in [5.74, 6) is 0.729. The van der Waals surface area contributed by atoms with Gasteiger partial charge in [-0.2, -0.15) is 0 Å². The number of carbonyl (C=O) groups is 1. The second kappa shape index (κ2) is 4.45. The summed E-state index contributed by atoms with van der Waals surface area (Å²) in [4.78, 5) is 14.1. The van der Waals surface area contributed by atoms with Gasteiger partial charge < -0.3 is 4.74 Å². The summed E-state index contributed by atoms with van der Waals surface area (Å²) in [5.41, 5.74) is 1.23. The molecule has 1 saturated heterocycles. The van der Waals surface area contributed by atoms with Gasteiger partial charge in [-0.3, -0.25) is 4.79 Å². The molecule has 0 spiro atoms. The standard InChI is InChI=1S/C12H16O2S/c1-8-5-12(15-9(8)2)11(13)6-10-3-4-14-7-10/h5,10H,3-4,6-7H2,1-2H3. The molecule has 2 rings (SSSR count). The Morgan fingerprint density at radius 2 is 2.40 bits per heavy atom. The smallest absolute Gasteiger partial charge is 0.173 e. The quantitative estimate of drug-likeness (QED) is 0.738. The van der Waals surface area contributed by atoms with Crippen molar-refractivity contribution in [1.82, 2.24) is 0 Å². The largest absolute Gasteiger partial charge is 0.381 e. The predicted octanol–water partition coefficient (Wildman–Crippen LogP) is 2.97. The minimum Gasteiger partial charge on any atom is -0.381 e. The van der Waals surface area contributed by atoms with Crippen LogP contribution in [0.4, 0.5) is 0 Å². The summed E-state index contributed by atoms with van der Waals surface area (Å²) in [5, 5.41) is 0. The van der Waals surface area contributed by atoms with Crippen LogP contribution in [0.2, 0.25) is 0 Å². The number of ether oxygens (including phenoxy) is 1. The van der Waals surface area contributed by atoms with Gasteiger partial charge in [-0.15, -0.1) is 11.3 Å². The summed E-state index contributed by atoms with van der Waals surface area (Å²) >= 11 is 1.62. The number of thiophene rings is 1. The molecule has 2 heterocycles. The van der Waals surface area contributed by atoms with Gasteiger partial charge in [0, 0.05) is 24.5 Å². The Morgan fingerprint density at radius 3 is 2.93 bits per heavy atom. The lowest BCUT2D eigenvalue weighted by atomic mass is 10.0. The summed E-state index contributed by atoms with van der Waals surface area (Å²) in [7, 11) is 0. The molecule has 1 aromatic heterocycles. The van der Waals surface area contributed by atoms with Crippen molar-refractivity contribution in [3.8, 4) is 0 Å². The number of ketones is 1. The first kappa shape index (κ1) is 10.8. The van der Waals surface area contributed by atoms with E-state index >= 15 is 0 Å². The molecule has 2 nitrogen and oxygen atoms in total. The molecule has 0 saturated carbocycles. The number of hydrogen-bond acceptors (Lipinski definition) is 3. The van der Waals surface area contributed by atoms with E-state index in [1.54, 1.807) is 11.3 Å². The third-order valence-corrected chi connectivity index (χ3v) is 4.13. The summed E-state index contributed by atoms with van der Waals surface area (Å²) in [6.45, 7) is 5.70. The molecule has 0 bridgehead atoms. The normalized spacial score (nSPS) is 20.8. The SMILES string of the molecule is Cc1cc(C(=O)CC2CCOC2)sc1C. The maximum absolute atomic E-state index is 11.9. The van der Waals surface area contributed by atoms with Gasteiger partial charge in [-0.1, -0.05) is 0 Å². The molecule has 3 heteroatoms. The molecule has 1 unspecified atom stereocenters. The van der Waals surface area contributed by atoms with Crippen LogP contribution in [-0.2, 0) is 4.74 Å². The lowest BCUT2D eigenvalue weighted by molar-refractivity contribution is 0.0956. The van der Waals surface area contributed by atoms with Crippen molar-refractivity contribution >= 4 is 17.1 Å². The third kappa shape index (κ3) is 2.47. The first-order valence-corrected chi connectivity index (χ1v) is 6.16. The molecule has 1 fully saturated rings. The zero-order valence-corrected chi connectivity index (χ0v) is 10.0. The number of rotatable bonds is 3. The van der Waals surface area contributed by atoms with Crippen LogP contribution in [0, 0.1) is 19.8 Å². The lowest BCUT2D eigenvalue weighted by Crippen LogP contribution is -2.07. The Balaban J connectivity index is 2.00. The molecule has 15 heavy (non-hydrogen) atoms. The molecule has 0 amide bonds. The van der Waals surface area contributed by atoms with Gasteiger partial charge in [-0.25, -0.2) is 0 Å². The van der Waals surface area contributed by atoms with Crippen LogP contribution in [0.5, 0.6) is 0 Å². The summed E-state index contributed by atoms with van der Waals surface area (Å²) in [6, 6.07) is 2.01. The molecule has 1 aliphatic rings. The van der Waals surface area contributed by atoms with Gasteiger partial charge in [0.05, 0.1) is 4.88 Å². The van der Waals surface area contributed by atoms with Crippen molar-refractivity contribution in [3.63, 3.8) is 0 Å². The molecule has 0 radical (unpaired) electrons. The highest BCUT2D eigenvalue weighted by Gasteiger charge is 2.20. The average molecular weight is 224 g/mol. The first-order chi connectivity index (χ1) is 7.16. The molecule has 0 aliphatic carbocycles. The van der Waals surface area contributed by atoms with E-state index in [2.05, 4.69) is 13.8 Å². The van der Waals surface area contributed by atoms with Crippen LogP contribution < -0.4 is 0 Å². The van der Waals surface area contributed by atoms with E-state index in [1.807, 2.05) is 6.07 Å². The van der Waals surface area contributed by atoms with Crippen LogP contribution in [-0.4, -0.2) is 19.0 Å². The van der Waals surface area contributed by atoms with Gasteiger partial charge in [-0.05, 0) is 37.8 Å². The third-order valence-electron chi connectivity index (χ3n) is 2.94. The van der Waals surface area contributed by atoms with E-state index < -0.39 is 0 Å². The monoisotopic (exact) mass is 224 g/mol. The fourth-order valence-electron chi connectivity index (χ4n) is 1.82. The molecule has 1 aliphatic heterocycles. The minimum atomic E-state index is 0.284. The Kier molecular flexibility index (Phi) is 3.22. The highest BCUT2D eigenvalue weighted by atomic mass is 32.1. The van der Waals surface area contributed by atoms with Crippen molar-refractivity contribution in [2.24, 2.45) is 5.92 Å². The average Bonchev–Trinajstić information content (AvgIpc) is 2.78. The van der Waals surface area contributed by atoms with Crippen LogP contribution in [0.15, 0.2) is 6.07 Å². The Morgan fingerprint density at radius 1 is 1.60 bits per heavy atom. The highest BCUT2D eigenvalue weighted by Crippen LogP contribution is 2.25. The van der Waals surface area contributed by atoms with Gasteiger partial charge in [0.15, 0.2) is 5.78 Å². The Hall–Kier alpha value is -0.670. The molecule has 0 aromatic carbocycles. The number of Topliss-reactive ketones (excluding diaryl/α,β-unsaturated/α-hetero) is 1. The topological polar surface area (TPSA) is 26.3 Å². The van der Waals surface area contributed by atoms with Gasteiger partial charge in [0.1, 0.15) is 0 Å². The zero-order valence-electron chi connectivity index (χ0n) is 9.21. The summed E-state index contributed by atoms with van der Waals surface area (Å²) in [6.07, 6.45) is 1.69. The van der Waals surface area contributed by atoms with E-state index in [4.69, 9.17) is 4.74 Å². The van der Waals surface area contributed by atoms with Crippen LogP contribution in [0.25, 0.3) is 0 Å². The maximum atomic E-state index is 11.9. The zero-order chi connectivity index (χ0) is 10.8. The van der Waals surface area contributed by atoms with Gasteiger partial charge in [0.2, 0.25) is 0 Å².